The van der Waals surface area contributed by atoms with E-state index in [1.165, 1.54) is 37.3 Å². The van der Waals surface area contributed by atoms with E-state index < -0.39 is 28.5 Å². The summed E-state index contributed by atoms with van der Waals surface area (Å²) in [6.07, 6.45) is 0.898. The molecule has 0 saturated heterocycles. The van der Waals surface area contributed by atoms with Gasteiger partial charge in [0, 0.05) is 30.6 Å². The third kappa shape index (κ3) is 9.67. The summed E-state index contributed by atoms with van der Waals surface area (Å²) in [4.78, 5) is 29.8. The van der Waals surface area contributed by atoms with Gasteiger partial charge in [0.05, 0.1) is 31.4 Å². The van der Waals surface area contributed by atoms with E-state index in [1.807, 2.05) is 44.2 Å². The van der Waals surface area contributed by atoms with Gasteiger partial charge in [0.2, 0.25) is 11.8 Å². The zero-order valence-corrected chi connectivity index (χ0v) is 29.7. The van der Waals surface area contributed by atoms with Gasteiger partial charge in [-0.1, -0.05) is 61.0 Å². The Kier molecular flexibility index (Phi) is 13.3. The first-order valence-corrected chi connectivity index (χ1v) is 17.8. The van der Waals surface area contributed by atoms with Gasteiger partial charge in [-0.15, -0.1) is 0 Å². The lowest BCUT2D eigenvalue weighted by Gasteiger charge is -2.34. The van der Waals surface area contributed by atoms with Crippen molar-refractivity contribution < 1.29 is 32.2 Å². The molecule has 2 amide bonds. The maximum Gasteiger partial charge on any atom is 0.264 e. The minimum Gasteiger partial charge on any atom is -0.494 e. The van der Waals surface area contributed by atoms with Gasteiger partial charge < -0.3 is 24.4 Å². The molecule has 0 aliphatic rings. The number of ether oxygens (including phenoxy) is 3. The molecule has 0 spiro atoms. The second-order valence-corrected chi connectivity index (χ2v) is 13.4. The highest BCUT2D eigenvalue weighted by Crippen LogP contribution is 2.33. The van der Waals surface area contributed by atoms with Crippen LogP contribution in [-0.2, 0) is 32.6 Å². The summed E-state index contributed by atoms with van der Waals surface area (Å²) >= 11 is 6.32. The van der Waals surface area contributed by atoms with E-state index in [4.69, 9.17) is 25.8 Å². The summed E-state index contributed by atoms with van der Waals surface area (Å²) < 4.78 is 46.2. The first-order valence-electron chi connectivity index (χ1n) is 15.9. The fourth-order valence-corrected chi connectivity index (χ4v) is 6.90. The van der Waals surface area contributed by atoms with Gasteiger partial charge in [0.1, 0.15) is 18.3 Å². The van der Waals surface area contributed by atoms with Crippen molar-refractivity contribution in [3.63, 3.8) is 0 Å². The maximum absolute atomic E-state index is 14.6. The number of methoxy groups -OCH3 is 2. The van der Waals surface area contributed by atoms with Crippen LogP contribution in [0.25, 0.3) is 0 Å². The first kappa shape index (κ1) is 37.1. The Morgan fingerprint density at radius 1 is 0.837 bits per heavy atom. The highest BCUT2D eigenvalue weighted by molar-refractivity contribution is 7.92. The van der Waals surface area contributed by atoms with Crippen LogP contribution in [0.4, 0.5) is 5.69 Å². The maximum atomic E-state index is 14.6. The van der Waals surface area contributed by atoms with Gasteiger partial charge >= 0.3 is 0 Å². The number of nitrogens with one attached hydrogen (secondary N) is 1. The van der Waals surface area contributed by atoms with Crippen LogP contribution in [0.5, 0.6) is 17.2 Å². The van der Waals surface area contributed by atoms with Crippen LogP contribution in [0.15, 0.2) is 102 Å². The lowest BCUT2D eigenvalue weighted by Crippen LogP contribution is -2.53. The fourth-order valence-electron chi connectivity index (χ4n) is 5.26. The van der Waals surface area contributed by atoms with Crippen molar-refractivity contribution in [2.75, 3.05) is 38.2 Å². The van der Waals surface area contributed by atoms with Gasteiger partial charge in [-0.2, -0.15) is 0 Å². The summed E-state index contributed by atoms with van der Waals surface area (Å²) in [5.74, 6) is 0.153. The number of hydrogen-bond donors (Lipinski definition) is 1. The third-order valence-electron chi connectivity index (χ3n) is 7.72. The van der Waals surface area contributed by atoms with E-state index in [1.54, 1.807) is 48.5 Å². The molecule has 1 atom stereocenters. The molecule has 0 heterocycles. The number of halogens is 1. The minimum atomic E-state index is -4.38. The molecule has 0 fully saturated rings. The molecule has 4 rings (SSSR count). The summed E-state index contributed by atoms with van der Waals surface area (Å²) in [6.45, 7) is 4.01. The Morgan fingerprint density at radius 2 is 1.53 bits per heavy atom. The third-order valence-corrected chi connectivity index (χ3v) is 9.72. The van der Waals surface area contributed by atoms with Crippen molar-refractivity contribution in [2.24, 2.45) is 0 Å². The molecule has 0 bridgehead atoms. The van der Waals surface area contributed by atoms with Crippen molar-refractivity contribution >= 4 is 39.1 Å². The van der Waals surface area contributed by atoms with Crippen LogP contribution >= 0.6 is 11.6 Å². The molecule has 0 radical (unpaired) electrons. The van der Waals surface area contributed by atoms with E-state index in [-0.39, 0.29) is 35.2 Å². The van der Waals surface area contributed by atoms with E-state index in [0.29, 0.717) is 41.7 Å². The SMILES string of the molecule is CCCNC(=O)[C@H](Cc1ccccc1)N(Cc1cccc(Cl)c1)C(=O)CN(c1ccc(OCC)cc1)S(=O)(=O)c1ccc(OC)c(OC)c1. The zero-order valence-electron chi connectivity index (χ0n) is 28.1. The molecule has 1 N–H and O–H groups in total. The molecule has 260 valence electrons. The van der Waals surface area contributed by atoms with E-state index in [0.717, 1.165) is 9.87 Å². The summed E-state index contributed by atoms with van der Waals surface area (Å²) in [6, 6.07) is 26.1. The smallest absolute Gasteiger partial charge is 0.264 e. The number of carbonyl (C=O) groups is 2. The lowest BCUT2D eigenvalue weighted by molar-refractivity contribution is -0.140. The minimum absolute atomic E-state index is 0.00393. The Bertz CT molecular complexity index is 1800. The standard InChI is InChI=1S/C37H42ClN3O7S/c1-5-21-39-37(43)33(23-27-11-8-7-9-12-27)40(25-28-13-10-14-29(38)22-28)36(42)26-41(30-15-17-31(18-16-30)48-6-2)49(44,45)32-19-20-34(46-3)35(24-32)47-4/h7-20,22,24,33H,5-6,21,23,25-26H2,1-4H3,(H,39,43)/t33-/m0/s1. The first-order chi connectivity index (χ1) is 23.6. The van der Waals surface area contributed by atoms with Crippen LogP contribution in [0.2, 0.25) is 5.02 Å². The molecule has 10 nitrogen and oxygen atoms in total. The summed E-state index contributed by atoms with van der Waals surface area (Å²) in [5.41, 5.74) is 1.74. The Hall–Kier alpha value is -4.74. The van der Waals surface area contributed by atoms with E-state index in [2.05, 4.69) is 5.32 Å². The molecule has 12 heteroatoms. The molecule has 0 aliphatic heterocycles. The highest BCUT2D eigenvalue weighted by atomic mass is 35.5. The summed E-state index contributed by atoms with van der Waals surface area (Å²) in [7, 11) is -1.51. The van der Waals surface area contributed by atoms with Crippen LogP contribution in [0.3, 0.4) is 0 Å². The number of nitrogens with zero attached hydrogens (tertiary/aromatic N) is 2. The fraction of sp³-hybridized carbons (Fsp3) is 0.297. The molecular formula is C37H42ClN3O7S. The molecule has 4 aromatic carbocycles. The molecular weight excluding hydrogens is 666 g/mol. The van der Waals surface area contributed by atoms with Crippen LogP contribution in [0.1, 0.15) is 31.4 Å². The lowest BCUT2D eigenvalue weighted by atomic mass is 10.0. The normalized spacial score (nSPS) is 11.7. The largest absolute Gasteiger partial charge is 0.494 e. The van der Waals surface area contributed by atoms with Crippen molar-refractivity contribution in [2.45, 2.75) is 44.2 Å². The Labute approximate surface area is 293 Å². The number of amides is 2. The zero-order chi connectivity index (χ0) is 35.4. The Morgan fingerprint density at radius 3 is 2.16 bits per heavy atom. The van der Waals surface area contributed by atoms with E-state index >= 15 is 0 Å². The monoisotopic (exact) mass is 707 g/mol. The average Bonchev–Trinajstić information content (AvgIpc) is 3.11. The number of hydrogen-bond acceptors (Lipinski definition) is 7. The second-order valence-electron chi connectivity index (χ2n) is 11.1. The summed E-state index contributed by atoms with van der Waals surface area (Å²) in [5, 5.41) is 3.40. The average molecular weight is 708 g/mol. The molecule has 0 aromatic heterocycles. The van der Waals surface area contributed by atoms with Gasteiger partial charge in [0.25, 0.3) is 10.0 Å². The van der Waals surface area contributed by atoms with Gasteiger partial charge in [-0.05, 0) is 73.0 Å². The van der Waals surface area contributed by atoms with Crippen molar-refractivity contribution in [1.82, 2.24) is 10.2 Å². The van der Waals surface area contributed by atoms with Gasteiger partial charge in [-0.25, -0.2) is 8.42 Å². The van der Waals surface area contributed by atoms with Crippen LogP contribution in [0, 0.1) is 0 Å². The van der Waals surface area contributed by atoms with Crippen molar-refractivity contribution in [3.8, 4) is 17.2 Å². The van der Waals surface area contributed by atoms with Gasteiger partial charge in [0.15, 0.2) is 11.5 Å². The topological polar surface area (TPSA) is 114 Å². The predicted octanol–water partition coefficient (Wildman–Crippen LogP) is 6.12. The second kappa shape index (κ2) is 17.6. The number of anilines is 1. The molecule has 4 aromatic rings. The molecule has 0 unspecified atom stereocenters. The van der Waals surface area contributed by atoms with Crippen LogP contribution < -0.4 is 23.8 Å². The van der Waals surface area contributed by atoms with Gasteiger partial charge in [-0.3, -0.25) is 13.9 Å². The van der Waals surface area contributed by atoms with Crippen molar-refractivity contribution in [3.05, 3.63) is 113 Å². The predicted molar refractivity (Wildman–Crippen MR) is 191 cm³/mol. The quantitative estimate of drug-likeness (QED) is 0.141. The Balaban J connectivity index is 1.83. The number of benzene rings is 4. The molecule has 49 heavy (non-hydrogen) atoms. The van der Waals surface area contributed by atoms with Crippen molar-refractivity contribution in [1.29, 1.82) is 0 Å². The number of rotatable bonds is 17. The molecule has 0 aliphatic carbocycles. The molecule has 0 saturated carbocycles. The van der Waals surface area contributed by atoms with E-state index in [9.17, 15) is 18.0 Å². The van der Waals surface area contributed by atoms with Crippen LogP contribution in [-0.4, -0.2) is 65.1 Å². The highest BCUT2D eigenvalue weighted by Gasteiger charge is 2.35. The number of sulfonamides is 1. The number of carbonyl (C=O) groups excluding carboxylic acids is 2.